The van der Waals surface area contributed by atoms with Gasteiger partial charge in [0, 0.05) is 17.5 Å². The van der Waals surface area contributed by atoms with Crippen molar-refractivity contribution in [3.63, 3.8) is 0 Å². The summed E-state index contributed by atoms with van der Waals surface area (Å²) in [7, 11) is 1.57. The van der Waals surface area contributed by atoms with Gasteiger partial charge in [0.25, 0.3) is 0 Å². The number of methoxy groups -OCH3 is 1. The van der Waals surface area contributed by atoms with Crippen LogP contribution in [0, 0.1) is 0 Å². The first-order valence-corrected chi connectivity index (χ1v) is 7.59. The minimum absolute atomic E-state index is 0.131. The van der Waals surface area contributed by atoms with Crippen molar-refractivity contribution in [1.82, 2.24) is 0 Å². The summed E-state index contributed by atoms with van der Waals surface area (Å²) in [5.41, 5.74) is 0.775. The summed E-state index contributed by atoms with van der Waals surface area (Å²) in [5.74, 6) is 0.611. The molecule has 0 aliphatic rings. The van der Waals surface area contributed by atoms with Gasteiger partial charge in [-0.1, -0.05) is 12.1 Å². The van der Waals surface area contributed by atoms with E-state index in [1.165, 1.54) is 6.07 Å². The third-order valence-electron chi connectivity index (χ3n) is 3.49. The number of carbonyl (C=O) groups excluding carboxylic acids is 1. The lowest BCUT2D eigenvalue weighted by atomic mass is 10.2. The molecule has 0 fully saturated rings. The number of esters is 1. The van der Waals surface area contributed by atoms with Crippen LogP contribution in [0.3, 0.4) is 0 Å². The summed E-state index contributed by atoms with van der Waals surface area (Å²) < 4.78 is 20.7. The molecule has 25 heavy (non-hydrogen) atoms. The summed E-state index contributed by atoms with van der Waals surface area (Å²) in [6, 6.07) is 15.3. The Labute approximate surface area is 143 Å². The topological polar surface area (TPSA) is 75.0 Å². The largest absolute Gasteiger partial charge is 0.497 e. The van der Waals surface area contributed by atoms with E-state index in [0.29, 0.717) is 17.1 Å². The second-order valence-corrected chi connectivity index (χ2v) is 5.25. The number of rotatable bonds is 6. The van der Waals surface area contributed by atoms with E-state index in [1.54, 1.807) is 37.4 Å². The minimum Gasteiger partial charge on any atom is -0.497 e. The zero-order valence-corrected chi connectivity index (χ0v) is 13.6. The van der Waals surface area contributed by atoms with Crippen LogP contribution >= 0.6 is 0 Å². The van der Waals surface area contributed by atoms with Crippen LogP contribution in [-0.4, -0.2) is 19.7 Å². The predicted molar refractivity (Wildman–Crippen MR) is 90.8 cm³/mol. The summed E-state index contributed by atoms with van der Waals surface area (Å²) in [6.07, 6.45) is 0. The van der Waals surface area contributed by atoms with E-state index in [-0.39, 0.29) is 13.2 Å². The average molecular weight is 340 g/mol. The highest BCUT2D eigenvalue weighted by molar-refractivity contribution is 5.78. The van der Waals surface area contributed by atoms with Gasteiger partial charge in [-0.15, -0.1) is 0 Å². The van der Waals surface area contributed by atoms with E-state index in [1.807, 2.05) is 18.2 Å². The van der Waals surface area contributed by atoms with Crippen LogP contribution in [-0.2, 0) is 16.1 Å². The van der Waals surface area contributed by atoms with Crippen molar-refractivity contribution >= 4 is 16.9 Å². The molecule has 3 rings (SSSR count). The van der Waals surface area contributed by atoms with Crippen molar-refractivity contribution in [2.75, 3.05) is 13.7 Å². The molecule has 0 N–H and O–H groups in total. The summed E-state index contributed by atoms with van der Waals surface area (Å²) in [4.78, 5) is 23.0. The van der Waals surface area contributed by atoms with Gasteiger partial charge < -0.3 is 18.6 Å². The molecular formula is C19H16O6. The van der Waals surface area contributed by atoms with Crippen LogP contribution in [0.5, 0.6) is 11.5 Å². The molecule has 0 aliphatic carbocycles. The van der Waals surface area contributed by atoms with Crippen molar-refractivity contribution in [2.45, 2.75) is 6.61 Å². The number of ether oxygens (including phenoxy) is 3. The molecule has 6 nitrogen and oxygen atoms in total. The Balaban J connectivity index is 1.55. The van der Waals surface area contributed by atoms with Crippen LogP contribution in [0.4, 0.5) is 0 Å². The summed E-state index contributed by atoms with van der Waals surface area (Å²) >= 11 is 0. The molecule has 0 spiro atoms. The lowest BCUT2D eigenvalue weighted by molar-refractivity contribution is -0.147. The Bertz CT molecular complexity index is 944. The van der Waals surface area contributed by atoms with Gasteiger partial charge in [-0.25, -0.2) is 9.59 Å². The van der Waals surface area contributed by atoms with E-state index >= 15 is 0 Å². The predicted octanol–water partition coefficient (Wildman–Crippen LogP) is 2.92. The molecule has 128 valence electrons. The van der Waals surface area contributed by atoms with Crippen LogP contribution in [0.2, 0.25) is 0 Å². The molecule has 0 unspecified atom stereocenters. The van der Waals surface area contributed by atoms with Crippen molar-refractivity contribution in [1.29, 1.82) is 0 Å². The van der Waals surface area contributed by atoms with Gasteiger partial charge in [0.15, 0.2) is 6.61 Å². The first-order chi connectivity index (χ1) is 12.1. The minimum atomic E-state index is -0.502. The van der Waals surface area contributed by atoms with Gasteiger partial charge in [-0.3, -0.25) is 0 Å². The normalized spacial score (nSPS) is 10.4. The van der Waals surface area contributed by atoms with Gasteiger partial charge >= 0.3 is 11.6 Å². The van der Waals surface area contributed by atoms with Crippen LogP contribution < -0.4 is 15.1 Å². The molecule has 3 aromatic rings. The smallest absolute Gasteiger partial charge is 0.344 e. The van der Waals surface area contributed by atoms with Crippen molar-refractivity contribution in [2.24, 2.45) is 0 Å². The highest BCUT2D eigenvalue weighted by Crippen LogP contribution is 2.19. The Morgan fingerprint density at radius 1 is 1.04 bits per heavy atom. The monoisotopic (exact) mass is 340 g/mol. The van der Waals surface area contributed by atoms with E-state index in [9.17, 15) is 9.59 Å². The number of fused-ring (bicyclic) bond motifs is 1. The van der Waals surface area contributed by atoms with Crippen LogP contribution in [0.1, 0.15) is 5.56 Å². The quantitative estimate of drug-likeness (QED) is 0.507. The highest BCUT2D eigenvalue weighted by Gasteiger charge is 2.07. The van der Waals surface area contributed by atoms with E-state index in [4.69, 9.17) is 18.6 Å². The van der Waals surface area contributed by atoms with Crippen LogP contribution in [0.25, 0.3) is 11.0 Å². The third-order valence-corrected chi connectivity index (χ3v) is 3.49. The average Bonchev–Trinajstić information content (AvgIpc) is 2.64. The Morgan fingerprint density at radius 2 is 1.88 bits per heavy atom. The molecule has 6 heteroatoms. The molecule has 0 radical (unpaired) electrons. The molecule has 0 aliphatic heterocycles. The van der Waals surface area contributed by atoms with E-state index in [0.717, 1.165) is 10.9 Å². The molecular weight excluding hydrogens is 324 g/mol. The van der Waals surface area contributed by atoms with Gasteiger partial charge in [-0.05, 0) is 35.9 Å². The maximum Gasteiger partial charge on any atom is 0.344 e. The lowest BCUT2D eigenvalue weighted by Gasteiger charge is -2.08. The second-order valence-electron chi connectivity index (χ2n) is 5.25. The van der Waals surface area contributed by atoms with Crippen molar-refractivity contribution < 1.29 is 23.4 Å². The molecule has 0 amide bonds. The molecule has 2 aromatic carbocycles. The SMILES string of the molecule is COc1cccc(COC(=O)COc2ccc3ccc(=O)oc3c2)c1. The lowest BCUT2D eigenvalue weighted by Crippen LogP contribution is -2.14. The van der Waals surface area contributed by atoms with Crippen LogP contribution in [0.15, 0.2) is 63.8 Å². The highest BCUT2D eigenvalue weighted by atomic mass is 16.6. The molecule has 1 aromatic heterocycles. The molecule has 0 bridgehead atoms. The van der Waals surface area contributed by atoms with Crippen molar-refractivity contribution in [3.05, 3.63) is 70.6 Å². The number of hydrogen-bond acceptors (Lipinski definition) is 6. The standard InChI is InChI=1S/C19H16O6/c1-22-15-4-2-3-13(9-15)11-24-19(21)12-23-16-7-5-14-6-8-18(20)25-17(14)10-16/h2-10H,11-12H2,1H3. The Morgan fingerprint density at radius 3 is 2.72 bits per heavy atom. The van der Waals surface area contributed by atoms with Gasteiger partial charge in [0.1, 0.15) is 23.7 Å². The number of hydrogen-bond donors (Lipinski definition) is 0. The molecule has 0 atom stereocenters. The first-order valence-electron chi connectivity index (χ1n) is 7.59. The maximum atomic E-state index is 11.8. The molecule has 1 heterocycles. The fraction of sp³-hybridized carbons (Fsp3) is 0.158. The van der Waals surface area contributed by atoms with Gasteiger partial charge in [0.05, 0.1) is 7.11 Å². The van der Waals surface area contributed by atoms with Gasteiger partial charge in [0.2, 0.25) is 0 Å². The first kappa shape index (κ1) is 16.6. The second kappa shape index (κ2) is 7.53. The number of carbonyl (C=O) groups is 1. The molecule has 0 saturated heterocycles. The fourth-order valence-electron chi connectivity index (χ4n) is 2.24. The number of benzene rings is 2. The van der Waals surface area contributed by atoms with E-state index in [2.05, 4.69) is 0 Å². The molecule has 0 saturated carbocycles. The Hall–Kier alpha value is -3.28. The maximum absolute atomic E-state index is 11.8. The van der Waals surface area contributed by atoms with Gasteiger partial charge in [-0.2, -0.15) is 0 Å². The fourth-order valence-corrected chi connectivity index (χ4v) is 2.24. The summed E-state index contributed by atoms with van der Waals surface area (Å²) in [6.45, 7) is -0.113. The summed E-state index contributed by atoms with van der Waals surface area (Å²) in [5, 5.41) is 0.771. The van der Waals surface area contributed by atoms with E-state index < -0.39 is 11.6 Å². The zero-order chi connectivity index (χ0) is 17.6. The Kier molecular flexibility index (Phi) is 4.99. The van der Waals surface area contributed by atoms with Crippen molar-refractivity contribution in [3.8, 4) is 11.5 Å². The third kappa shape index (κ3) is 4.38. The zero-order valence-electron chi connectivity index (χ0n) is 13.6.